The van der Waals surface area contributed by atoms with Crippen molar-refractivity contribution in [1.82, 2.24) is 9.88 Å². The van der Waals surface area contributed by atoms with E-state index in [4.69, 9.17) is 0 Å². The fourth-order valence-corrected chi connectivity index (χ4v) is 2.70. The molecule has 0 bridgehead atoms. The van der Waals surface area contributed by atoms with Crippen LogP contribution in [0.25, 0.3) is 0 Å². The summed E-state index contributed by atoms with van der Waals surface area (Å²) >= 11 is 3.35. The van der Waals surface area contributed by atoms with Crippen molar-refractivity contribution < 1.29 is 22.7 Å². The van der Waals surface area contributed by atoms with E-state index in [-0.39, 0.29) is 12.5 Å². The number of hydrogen-bond donors (Lipinski definition) is 1. The maximum absolute atomic E-state index is 12.2. The van der Waals surface area contributed by atoms with E-state index >= 15 is 0 Å². The Labute approximate surface area is 152 Å². The molecule has 1 amide bonds. The SMILES string of the molecule is CCn1cc(Br)cc1C(=O)NCc1ccc(COCC(F)(F)F)cc1. The Kier molecular flexibility index (Phi) is 6.66. The lowest BCUT2D eigenvalue weighted by Gasteiger charge is -2.09. The number of alkyl halides is 3. The van der Waals surface area contributed by atoms with Gasteiger partial charge in [0.2, 0.25) is 0 Å². The van der Waals surface area contributed by atoms with Crippen LogP contribution in [0.4, 0.5) is 13.2 Å². The van der Waals surface area contributed by atoms with E-state index in [2.05, 4.69) is 26.0 Å². The van der Waals surface area contributed by atoms with Crippen molar-refractivity contribution in [3.05, 3.63) is 57.8 Å². The Morgan fingerprint density at radius 1 is 1.24 bits per heavy atom. The van der Waals surface area contributed by atoms with Crippen molar-refractivity contribution in [3.8, 4) is 0 Å². The molecule has 1 aromatic carbocycles. The number of rotatable bonds is 7. The van der Waals surface area contributed by atoms with E-state index in [0.29, 0.717) is 24.3 Å². The van der Waals surface area contributed by atoms with Crippen molar-refractivity contribution in [3.63, 3.8) is 0 Å². The van der Waals surface area contributed by atoms with Crippen LogP contribution in [0.5, 0.6) is 0 Å². The van der Waals surface area contributed by atoms with E-state index in [0.717, 1.165) is 10.0 Å². The number of ether oxygens (including phenoxy) is 1. The molecule has 1 aromatic heterocycles. The van der Waals surface area contributed by atoms with Gasteiger partial charge in [0.05, 0.1) is 6.61 Å². The van der Waals surface area contributed by atoms with Crippen molar-refractivity contribution in [2.45, 2.75) is 32.8 Å². The van der Waals surface area contributed by atoms with E-state index in [9.17, 15) is 18.0 Å². The molecule has 8 heteroatoms. The molecule has 0 aliphatic carbocycles. The molecule has 2 aromatic rings. The summed E-state index contributed by atoms with van der Waals surface area (Å²) in [6.07, 6.45) is -2.49. The number of hydrogen-bond acceptors (Lipinski definition) is 2. The maximum Gasteiger partial charge on any atom is 0.411 e. The Balaban J connectivity index is 1.86. The minimum atomic E-state index is -4.32. The van der Waals surface area contributed by atoms with Crippen LogP contribution in [-0.2, 0) is 24.4 Å². The zero-order valence-electron chi connectivity index (χ0n) is 13.6. The van der Waals surface area contributed by atoms with Gasteiger partial charge in [-0.25, -0.2) is 0 Å². The zero-order valence-corrected chi connectivity index (χ0v) is 15.2. The molecule has 0 radical (unpaired) electrons. The first-order valence-electron chi connectivity index (χ1n) is 7.64. The monoisotopic (exact) mass is 418 g/mol. The van der Waals surface area contributed by atoms with Crippen molar-refractivity contribution in [2.24, 2.45) is 0 Å². The molecule has 0 saturated carbocycles. The summed E-state index contributed by atoms with van der Waals surface area (Å²) in [5.74, 6) is -0.190. The van der Waals surface area contributed by atoms with Gasteiger partial charge in [-0.15, -0.1) is 0 Å². The van der Waals surface area contributed by atoms with Gasteiger partial charge in [-0.3, -0.25) is 4.79 Å². The van der Waals surface area contributed by atoms with Crippen LogP contribution in [0.15, 0.2) is 41.0 Å². The molecule has 0 aliphatic rings. The van der Waals surface area contributed by atoms with Gasteiger partial charge >= 0.3 is 6.18 Å². The number of aryl methyl sites for hydroxylation is 1. The molecule has 0 unspecified atom stereocenters. The molecule has 0 fully saturated rings. The number of carbonyl (C=O) groups excluding carboxylic acids is 1. The van der Waals surface area contributed by atoms with Gasteiger partial charge < -0.3 is 14.6 Å². The second kappa shape index (κ2) is 8.53. The van der Waals surface area contributed by atoms with Gasteiger partial charge in [0.15, 0.2) is 0 Å². The molecule has 25 heavy (non-hydrogen) atoms. The summed E-state index contributed by atoms with van der Waals surface area (Å²) in [5.41, 5.74) is 2.05. The topological polar surface area (TPSA) is 43.3 Å². The van der Waals surface area contributed by atoms with Gasteiger partial charge in [-0.1, -0.05) is 24.3 Å². The first-order valence-corrected chi connectivity index (χ1v) is 8.44. The van der Waals surface area contributed by atoms with E-state index < -0.39 is 12.8 Å². The average molecular weight is 419 g/mol. The molecular weight excluding hydrogens is 401 g/mol. The number of carbonyl (C=O) groups is 1. The molecule has 0 aliphatic heterocycles. The normalized spacial score (nSPS) is 11.6. The highest BCUT2D eigenvalue weighted by molar-refractivity contribution is 9.10. The van der Waals surface area contributed by atoms with Crippen LogP contribution < -0.4 is 5.32 Å². The highest BCUT2D eigenvalue weighted by Gasteiger charge is 2.27. The minimum absolute atomic E-state index is 0.107. The molecule has 4 nitrogen and oxygen atoms in total. The van der Waals surface area contributed by atoms with Gasteiger partial charge in [-0.2, -0.15) is 13.2 Å². The number of aromatic nitrogens is 1. The summed E-state index contributed by atoms with van der Waals surface area (Å²) in [7, 11) is 0. The van der Waals surface area contributed by atoms with Crippen LogP contribution in [0.1, 0.15) is 28.5 Å². The smallest absolute Gasteiger partial charge is 0.367 e. The Hall–Kier alpha value is -1.80. The molecule has 2 rings (SSSR count). The van der Waals surface area contributed by atoms with Crippen LogP contribution in [-0.4, -0.2) is 23.3 Å². The first-order chi connectivity index (χ1) is 11.8. The van der Waals surface area contributed by atoms with E-state index in [1.54, 1.807) is 30.3 Å². The maximum atomic E-state index is 12.2. The lowest BCUT2D eigenvalue weighted by atomic mass is 10.1. The molecular formula is C17H18BrF3N2O2. The average Bonchev–Trinajstić information content (AvgIpc) is 2.94. The number of nitrogens with zero attached hydrogens (tertiary/aromatic N) is 1. The molecule has 0 saturated heterocycles. The lowest BCUT2D eigenvalue weighted by Crippen LogP contribution is -2.25. The van der Waals surface area contributed by atoms with Crippen molar-refractivity contribution in [2.75, 3.05) is 6.61 Å². The fourth-order valence-electron chi connectivity index (χ4n) is 2.24. The van der Waals surface area contributed by atoms with Crippen LogP contribution in [0.2, 0.25) is 0 Å². The van der Waals surface area contributed by atoms with Crippen molar-refractivity contribution >= 4 is 21.8 Å². The lowest BCUT2D eigenvalue weighted by molar-refractivity contribution is -0.176. The summed E-state index contributed by atoms with van der Waals surface area (Å²) in [4.78, 5) is 12.2. The van der Waals surface area contributed by atoms with Crippen molar-refractivity contribution in [1.29, 1.82) is 0 Å². The summed E-state index contributed by atoms with van der Waals surface area (Å²) < 4.78 is 43.3. The summed E-state index contributed by atoms with van der Waals surface area (Å²) in [5, 5.41) is 2.83. The van der Waals surface area contributed by atoms with Gasteiger partial charge in [0.1, 0.15) is 12.3 Å². The summed E-state index contributed by atoms with van der Waals surface area (Å²) in [6, 6.07) is 8.62. The number of halogens is 4. The van der Waals surface area contributed by atoms with Crippen LogP contribution in [0, 0.1) is 0 Å². The third-order valence-corrected chi connectivity index (χ3v) is 3.88. The van der Waals surface area contributed by atoms with Crippen LogP contribution in [0.3, 0.4) is 0 Å². The van der Waals surface area contributed by atoms with Gasteiger partial charge in [0, 0.05) is 23.8 Å². The Bertz CT molecular complexity index is 712. The molecule has 0 spiro atoms. The van der Waals surface area contributed by atoms with Gasteiger partial charge in [-0.05, 0) is 40.0 Å². The minimum Gasteiger partial charge on any atom is -0.367 e. The predicted octanol–water partition coefficient (Wildman–Crippen LogP) is 4.28. The highest BCUT2D eigenvalue weighted by atomic mass is 79.9. The number of nitrogens with one attached hydrogen (secondary N) is 1. The summed E-state index contributed by atoms with van der Waals surface area (Å²) in [6.45, 7) is 1.58. The van der Waals surface area contributed by atoms with Crippen LogP contribution >= 0.6 is 15.9 Å². The fraction of sp³-hybridized carbons (Fsp3) is 0.353. The third-order valence-electron chi connectivity index (χ3n) is 3.45. The highest BCUT2D eigenvalue weighted by Crippen LogP contribution is 2.16. The molecule has 1 heterocycles. The molecule has 136 valence electrons. The van der Waals surface area contributed by atoms with Gasteiger partial charge in [0.25, 0.3) is 5.91 Å². The predicted molar refractivity (Wildman–Crippen MR) is 91.1 cm³/mol. The standard InChI is InChI=1S/C17H18BrF3N2O2/c1-2-23-9-14(18)7-15(23)16(24)22-8-12-3-5-13(6-4-12)10-25-11-17(19,20)21/h3-7,9H,2,8,10-11H2,1H3,(H,22,24). The second-order valence-electron chi connectivity index (χ2n) is 5.44. The second-order valence-corrected chi connectivity index (χ2v) is 6.35. The Morgan fingerprint density at radius 2 is 1.88 bits per heavy atom. The largest absolute Gasteiger partial charge is 0.411 e. The Morgan fingerprint density at radius 3 is 2.48 bits per heavy atom. The quantitative estimate of drug-likeness (QED) is 0.728. The van der Waals surface area contributed by atoms with E-state index in [1.165, 1.54) is 0 Å². The molecule has 1 N–H and O–H groups in total. The number of benzene rings is 1. The molecule has 0 atom stereocenters. The van der Waals surface area contributed by atoms with E-state index in [1.807, 2.05) is 17.7 Å². The number of amides is 1. The third kappa shape index (κ3) is 6.21. The first kappa shape index (κ1) is 19.5. The zero-order chi connectivity index (χ0) is 18.4.